The maximum atomic E-state index is 12.0. The number of benzene rings is 1. The molecule has 0 saturated carbocycles. The van der Waals surface area contributed by atoms with Gasteiger partial charge in [0.2, 0.25) is 5.91 Å². The first-order valence-electron chi connectivity index (χ1n) is 6.98. The third-order valence-electron chi connectivity index (χ3n) is 3.56. The van der Waals surface area contributed by atoms with Gasteiger partial charge in [0.25, 0.3) is 0 Å². The summed E-state index contributed by atoms with van der Waals surface area (Å²) < 4.78 is 5.59. The number of nitrogens with zero attached hydrogens (tertiary/aromatic N) is 1. The van der Waals surface area contributed by atoms with Crippen LogP contribution in [0.1, 0.15) is 12.8 Å². The van der Waals surface area contributed by atoms with Gasteiger partial charge in [0, 0.05) is 18.5 Å². The van der Waals surface area contributed by atoms with E-state index in [2.05, 4.69) is 5.32 Å². The van der Waals surface area contributed by atoms with Gasteiger partial charge in [-0.25, -0.2) is 0 Å². The summed E-state index contributed by atoms with van der Waals surface area (Å²) in [5, 5.41) is 3.97. The van der Waals surface area contributed by atoms with Crippen LogP contribution in [-0.4, -0.2) is 44.1 Å². The standard InChI is InChI=1S/C15H21ClN2O2.ClH/c1-18(15(19)10-12-6-7-17-11-12)8-9-20-14-4-2-13(16)3-5-14;/h2-5,12,17H,6-11H2,1H3;1H. The van der Waals surface area contributed by atoms with Crippen LogP contribution >= 0.6 is 24.0 Å². The highest BCUT2D eigenvalue weighted by molar-refractivity contribution is 6.30. The van der Waals surface area contributed by atoms with Gasteiger partial charge in [0.1, 0.15) is 12.4 Å². The summed E-state index contributed by atoms with van der Waals surface area (Å²) in [6.07, 6.45) is 1.73. The molecule has 0 aromatic heterocycles. The van der Waals surface area contributed by atoms with Crippen molar-refractivity contribution in [2.75, 3.05) is 33.3 Å². The van der Waals surface area contributed by atoms with Gasteiger partial charge in [-0.15, -0.1) is 12.4 Å². The minimum atomic E-state index is 0. The monoisotopic (exact) mass is 332 g/mol. The van der Waals surface area contributed by atoms with E-state index in [1.807, 2.05) is 19.2 Å². The van der Waals surface area contributed by atoms with Gasteiger partial charge in [0.15, 0.2) is 0 Å². The number of ether oxygens (including phenoxy) is 1. The van der Waals surface area contributed by atoms with Crippen molar-refractivity contribution < 1.29 is 9.53 Å². The van der Waals surface area contributed by atoms with Gasteiger partial charge in [-0.1, -0.05) is 11.6 Å². The van der Waals surface area contributed by atoms with E-state index in [9.17, 15) is 4.79 Å². The highest BCUT2D eigenvalue weighted by Crippen LogP contribution is 2.16. The number of rotatable bonds is 6. The van der Waals surface area contributed by atoms with Crippen molar-refractivity contribution >= 4 is 29.9 Å². The number of carbonyl (C=O) groups excluding carboxylic acids is 1. The van der Waals surface area contributed by atoms with Gasteiger partial charge < -0.3 is 15.0 Å². The third kappa shape index (κ3) is 6.12. The molecule has 6 heteroatoms. The van der Waals surface area contributed by atoms with Crippen LogP contribution in [0, 0.1) is 5.92 Å². The molecule has 118 valence electrons. The normalized spacial score (nSPS) is 17.1. The van der Waals surface area contributed by atoms with Gasteiger partial charge in [-0.2, -0.15) is 0 Å². The van der Waals surface area contributed by atoms with E-state index >= 15 is 0 Å². The number of hydrogen-bond acceptors (Lipinski definition) is 3. The summed E-state index contributed by atoms with van der Waals surface area (Å²) in [6.45, 7) is 3.08. The molecule has 1 aliphatic heterocycles. The van der Waals surface area contributed by atoms with E-state index in [0.29, 0.717) is 30.5 Å². The van der Waals surface area contributed by atoms with E-state index in [1.54, 1.807) is 17.0 Å². The molecule has 1 aromatic carbocycles. The fourth-order valence-corrected chi connectivity index (χ4v) is 2.37. The van der Waals surface area contributed by atoms with Crippen LogP contribution in [0.2, 0.25) is 5.02 Å². The molecule has 1 aliphatic rings. The molecular formula is C15H22Cl2N2O2. The summed E-state index contributed by atoms with van der Waals surface area (Å²) in [4.78, 5) is 13.8. The average molecular weight is 333 g/mol. The SMILES string of the molecule is CN(CCOc1ccc(Cl)cc1)C(=O)CC1CCNC1.Cl. The Morgan fingerprint density at radius 2 is 2.14 bits per heavy atom. The predicted molar refractivity (Wildman–Crippen MR) is 87.4 cm³/mol. The number of likely N-dealkylation sites (N-methyl/N-ethyl adjacent to an activating group) is 1. The molecule has 4 nitrogen and oxygen atoms in total. The molecule has 0 bridgehead atoms. The van der Waals surface area contributed by atoms with Gasteiger partial charge in [-0.05, 0) is 49.7 Å². The molecule has 0 radical (unpaired) electrons. The Hall–Kier alpha value is -0.970. The van der Waals surface area contributed by atoms with Gasteiger partial charge in [-0.3, -0.25) is 4.79 Å². The molecule has 1 unspecified atom stereocenters. The topological polar surface area (TPSA) is 41.6 Å². The predicted octanol–water partition coefficient (Wildman–Crippen LogP) is 2.60. The second-order valence-electron chi connectivity index (χ2n) is 5.18. The number of carbonyl (C=O) groups is 1. The molecular weight excluding hydrogens is 311 g/mol. The van der Waals surface area contributed by atoms with Crippen LogP contribution < -0.4 is 10.1 Å². The van der Waals surface area contributed by atoms with Crippen molar-refractivity contribution in [1.29, 1.82) is 0 Å². The van der Waals surface area contributed by atoms with Crippen molar-refractivity contribution in [2.45, 2.75) is 12.8 Å². The second kappa shape index (κ2) is 9.13. The van der Waals surface area contributed by atoms with Crippen molar-refractivity contribution in [2.24, 2.45) is 5.92 Å². The summed E-state index contributed by atoms with van der Waals surface area (Å²) in [5.41, 5.74) is 0. The zero-order valence-corrected chi connectivity index (χ0v) is 13.8. The number of amides is 1. The Labute approximate surface area is 137 Å². The minimum Gasteiger partial charge on any atom is -0.492 e. The zero-order chi connectivity index (χ0) is 14.4. The van der Waals surface area contributed by atoms with Crippen LogP contribution in [0.25, 0.3) is 0 Å². The van der Waals surface area contributed by atoms with Crippen LogP contribution in [0.5, 0.6) is 5.75 Å². The number of halogens is 2. The van der Waals surface area contributed by atoms with E-state index < -0.39 is 0 Å². The zero-order valence-electron chi connectivity index (χ0n) is 12.2. The van der Waals surface area contributed by atoms with Gasteiger partial charge >= 0.3 is 0 Å². The first-order valence-corrected chi connectivity index (χ1v) is 7.36. The molecule has 1 amide bonds. The summed E-state index contributed by atoms with van der Waals surface area (Å²) >= 11 is 5.81. The van der Waals surface area contributed by atoms with Crippen LogP contribution in [0.15, 0.2) is 24.3 Å². The largest absolute Gasteiger partial charge is 0.492 e. The highest BCUT2D eigenvalue weighted by atomic mass is 35.5. The molecule has 1 heterocycles. The quantitative estimate of drug-likeness (QED) is 0.870. The fourth-order valence-electron chi connectivity index (χ4n) is 2.25. The smallest absolute Gasteiger partial charge is 0.222 e. The van der Waals surface area contributed by atoms with E-state index in [-0.39, 0.29) is 18.3 Å². The summed E-state index contributed by atoms with van der Waals surface area (Å²) in [6, 6.07) is 7.24. The van der Waals surface area contributed by atoms with E-state index in [4.69, 9.17) is 16.3 Å². The van der Waals surface area contributed by atoms with Crippen LogP contribution in [0.3, 0.4) is 0 Å². The maximum Gasteiger partial charge on any atom is 0.222 e. The summed E-state index contributed by atoms with van der Waals surface area (Å²) in [7, 11) is 1.83. The molecule has 21 heavy (non-hydrogen) atoms. The number of nitrogens with one attached hydrogen (secondary N) is 1. The molecule has 0 aliphatic carbocycles. The summed E-state index contributed by atoms with van der Waals surface area (Å²) in [5.74, 6) is 1.45. The molecule has 0 spiro atoms. The lowest BCUT2D eigenvalue weighted by molar-refractivity contribution is -0.131. The Balaban J connectivity index is 0.00000220. The van der Waals surface area contributed by atoms with Crippen molar-refractivity contribution in [3.05, 3.63) is 29.3 Å². The lowest BCUT2D eigenvalue weighted by atomic mass is 10.0. The van der Waals surface area contributed by atoms with Crippen molar-refractivity contribution in [3.63, 3.8) is 0 Å². The molecule has 1 fully saturated rings. The van der Waals surface area contributed by atoms with E-state index in [1.165, 1.54) is 0 Å². The Kier molecular flexibility index (Phi) is 7.86. The minimum absolute atomic E-state index is 0. The van der Waals surface area contributed by atoms with Crippen molar-refractivity contribution in [3.8, 4) is 5.75 Å². The molecule has 1 atom stereocenters. The highest BCUT2D eigenvalue weighted by Gasteiger charge is 2.19. The van der Waals surface area contributed by atoms with Crippen LogP contribution in [-0.2, 0) is 4.79 Å². The molecule has 1 saturated heterocycles. The Bertz CT molecular complexity index is 434. The Morgan fingerprint density at radius 1 is 1.43 bits per heavy atom. The second-order valence-corrected chi connectivity index (χ2v) is 5.62. The molecule has 1 aromatic rings. The lowest BCUT2D eigenvalue weighted by Gasteiger charge is -2.19. The average Bonchev–Trinajstić information content (AvgIpc) is 2.93. The Morgan fingerprint density at radius 3 is 2.76 bits per heavy atom. The number of hydrogen-bond donors (Lipinski definition) is 1. The molecule has 2 rings (SSSR count). The van der Waals surface area contributed by atoms with Gasteiger partial charge in [0.05, 0.1) is 6.54 Å². The van der Waals surface area contributed by atoms with E-state index in [0.717, 1.165) is 25.3 Å². The van der Waals surface area contributed by atoms with Crippen LogP contribution in [0.4, 0.5) is 0 Å². The first-order chi connectivity index (χ1) is 9.65. The fraction of sp³-hybridized carbons (Fsp3) is 0.533. The maximum absolute atomic E-state index is 12.0. The lowest BCUT2D eigenvalue weighted by Crippen LogP contribution is -2.32. The molecule has 1 N–H and O–H groups in total. The van der Waals surface area contributed by atoms with Crippen molar-refractivity contribution in [1.82, 2.24) is 10.2 Å². The third-order valence-corrected chi connectivity index (χ3v) is 3.81. The first kappa shape index (κ1) is 18.1.